The number of ketones is 2. The number of aryl methyl sites for hydroxylation is 2. The van der Waals surface area contributed by atoms with Gasteiger partial charge in [-0.3, -0.25) is 9.59 Å². The van der Waals surface area contributed by atoms with Gasteiger partial charge in [-0.05, 0) is 49.1 Å². The molecule has 0 radical (unpaired) electrons. The van der Waals surface area contributed by atoms with Crippen LogP contribution in [0.3, 0.4) is 0 Å². The number of rotatable bonds is 1. The number of hydrogen-bond acceptors (Lipinski definition) is 5. The molecule has 0 spiro atoms. The summed E-state index contributed by atoms with van der Waals surface area (Å²) in [5.41, 5.74) is 3.25. The summed E-state index contributed by atoms with van der Waals surface area (Å²) >= 11 is 0. The minimum absolute atomic E-state index is 0.172. The van der Waals surface area contributed by atoms with Crippen molar-refractivity contribution in [2.45, 2.75) is 45.7 Å². The SMILES string of the molecule is CC1=CC(=O)C2=C(C1=O)[C@@H](c1cc(C)c(O)c(C)c1)C1=CCn3c(=O)n(C)c(=O)n3[C@@H]1C2. The van der Waals surface area contributed by atoms with E-state index in [4.69, 9.17) is 0 Å². The number of carbonyl (C=O) groups is 2. The van der Waals surface area contributed by atoms with Gasteiger partial charge in [0.2, 0.25) is 0 Å². The van der Waals surface area contributed by atoms with E-state index in [1.54, 1.807) is 20.8 Å². The van der Waals surface area contributed by atoms with Gasteiger partial charge in [-0.2, -0.15) is 0 Å². The van der Waals surface area contributed by atoms with Gasteiger partial charge in [-0.25, -0.2) is 23.5 Å². The van der Waals surface area contributed by atoms with Crippen LogP contribution in [0.5, 0.6) is 5.75 Å². The van der Waals surface area contributed by atoms with E-state index in [1.807, 2.05) is 18.2 Å². The van der Waals surface area contributed by atoms with Crippen molar-refractivity contribution in [1.82, 2.24) is 13.9 Å². The smallest absolute Gasteiger partial charge is 0.347 e. The molecule has 164 valence electrons. The van der Waals surface area contributed by atoms with Gasteiger partial charge < -0.3 is 5.11 Å². The van der Waals surface area contributed by atoms with Gasteiger partial charge in [0.25, 0.3) is 0 Å². The van der Waals surface area contributed by atoms with Crippen LogP contribution in [-0.2, 0) is 23.2 Å². The number of phenols is 1. The quantitative estimate of drug-likeness (QED) is 0.545. The largest absolute Gasteiger partial charge is 0.507 e. The molecule has 2 aromatic rings. The summed E-state index contributed by atoms with van der Waals surface area (Å²) in [5, 5.41) is 10.3. The van der Waals surface area contributed by atoms with Gasteiger partial charge in [-0.15, -0.1) is 0 Å². The molecule has 5 rings (SSSR count). The van der Waals surface area contributed by atoms with Crippen LogP contribution in [-0.4, -0.2) is 30.6 Å². The van der Waals surface area contributed by atoms with Crippen LogP contribution in [0.25, 0.3) is 0 Å². The minimum Gasteiger partial charge on any atom is -0.507 e. The van der Waals surface area contributed by atoms with Gasteiger partial charge >= 0.3 is 11.4 Å². The van der Waals surface area contributed by atoms with E-state index >= 15 is 0 Å². The fraction of sp³-hybridized carbons (Fsp3) is 0.333. The maximum atomic E-state index is 13.3. The first-order valence-electron chi connectivity index (χ1n) is 10.5. The van der Waals surface area contributed by atoms with E-state index in [0.29, 0.717) is 27.8 Å². The molecule has 8 nitrogen and oxygen atoms in total. The summed E-state index contributed by atoms with van der Waals surface area (Å²) in [6.45, 7) is 5.41. The number of hydrogen-bond donors (Lipinski definition) is 1. The number of aromatic nitrogens is 3. The van der Waals surface area contributed by atoms with Crippen molar-refractivity contribution in [2.24, 2.45) is 7.05 Å². The fourth-order valence-electron chi connectivity index (χ4n) is 5.28. The number of carbonyl (C=O) groups excluding carboxylic acids is 2. The Morgan fingerprint density at radius 2 is 1.66 bits per heavy atom. The Bertz CT molecular complexity index is 1430. The predicted molar refractivity (Wildman–Crippen MR) is 117 cm³/mol. The number of aromatic hydroxyl groups is 1. The number of Topliss-reactive ketones (excluding diaryl/α,β-unsaturated/α-hetero) is 1. The van der Waals surface area contributed by atoms with Crippen LogP contribution in [0.1, 0.15) is 42.0 Å². The second-order valence-corrected chi connectivity index (χ2v) is 8.82. The lowest BCUT2D eigenvalue weighted by atomic mass is 9.67. The maximum Gasteiger partial charge on any atom is 0.347 e. The number of allylic oxidation sites excluding steroid dienone is 6. The molecule has 0 amide bonds. The van der Waals surface area contributed by atoms with Crippen molar-refractivity contribution < 1.29 is 14.7 Å². The zero-order valence-corrected chi connectivity index (χ0v) is 18.3. The van der Waals surface area contributed by atoms with Gasteiger partial charge in [0.05, 0.1) is 12.6 Å². The highest BCUT2D eigenvalue weighted by Gasteiger charge is 2.44. The van der Waals surface area contributed by atoms with Crippen molar-refractivity contribution in [3.63, 3.8) is 0 Å². The topological polar surface area (TPSA) is 103 Å². The van der Waals surface area contributed by atoms with Crippen molar-refractivity contribution in [2.75, 3.05) is 0 Å². The molecule has 32 heavy (non-hydrogen) atoms. The molecular formula is C24H23N3O5. The summed E-state index contributed by atoms with van der Waals surface area (Å²) in [4.78, 5) is 51.7. The van der Waals surface area contributed by atoms with Crippen molar-refractivity contribution in [3.05, 3.63) is 84.2 Å². The Morgan fingerprint density at radius 3 is 2.31 bits per heavy atom. The van der Waals surface area contributed by atoms with E-state index in [9.17, 15) is 24.3 Å². The van der Waals surface area contributed by atoms with Gasteiger partial charge in [0.1, 0.15) is 5.75 Å². The molecular weight excluding hydrogens is 410 g/mol. The Balaban J connectivity index is 1.81. The zero-order chi connectivity index (χ0) is 23.1. The monoisotopic (exact) mass is 433 g/mol. The molecule has 8 heteroatoms. The van der Waals surface area contributed by atoms with E-state index in [2.05, 4.69) is 0 Å². The van der Waals surface area contributed by atoms with Crippen LogP contribution >= 0.6 is 0 Å². The van der Waals surface area contributed by atoms with Gasteiger partial charge in [-0.1, -0.05) is 18.2 Å². The number of fused-ring (bicyclic) bond motifs is 3. The molecule has 2 aliphatic carbocycles. The third kappa shape index (κ3) is 2.55. The van der Waals surface area contributed by atoms with Crippen LogP contribution in [0, 0.1) is 13.8 Å². The molecule has 0 fully saturated rings. The molecule has 1 aromatic heterocycles. The highest BCUT2D eigenvalue weighted by molar-refractivity contribution is 6.23. The molecule has 0 saturated heterocycles. The zero-order valence-electron chi connectivity index (χ0n) is 18.3. The van der Waals surface area contributed by atoms with Crippen LogP contribution in [0.2, 0.25) is 0 Å². The van der Waals surface area contributed by atoms with Crippen LogP contribution in [0.15, 0.2) is 56.2 Å². The van der Waals surface area contributed by atoms with Gasteiger partial charge in [0, 0.05) is 36.1 Å². The summed E-state index contributed by atoms with van der Waals surface area (Å²) < 4.78 is 3.85. The van der Waals surface area contributed by atoms with E-state index < -0.39 is 23.3 Å². The summed E-state index contributed by atoms with van der Waals surface area (Å²) in [7, 11) is 1.43. The van der Waals surface area contributed by atoms with Gasteiger partial charge in [0.15, 0.2) is 11.6 Å². The number of phenolic OH excluding ortho intramolecular Hbond substituents is 1. The Kier molecular flexibility index (Phi) is 4.21. The normalized spacial score (nSPS) is 22.2. The summed E-state index contributed by atoms with van der Waals surface area (Å²) in [6.07, 6.45) is 3.41. The lowest BCUT2D eigenvalue weighted by Gasteiger charge is -2.39. The number of benzene rings is 1. The molecule has 3 aliphatic rings. The third-order valence-electron chi connectivity index (χ3n) is 6.87. The summed E-state index contributed by atoms with van der Waals surface area (Å²) in [6, 6.07) is 3.09. The molecule has 2 heterocycles. The fourth-order valence-corrected chi connectivity index (χ4v) is 5.28. The van der Waals surface area contributed by atoms with E-state index in [0.717, 1.165) is 15.7 Å². The molecule has 0 saturated carbocycles. The summed E-state index contributed by atoms with van der Waals surface area (Å²) in [5.74, 6) is -0.784. The predicted octanol–water partition coefficient (Wildman–Crippen LogP) is 1.73. The number of nitrogens with zero attached hydrogens (tertiary/aromatic N) is 3. The van der Waals surface area contributed by atoms with Crippen molar-refractivity contribution in [3.8, 4) is 5.75 Å². The van der Waals surface area contributed by atoms with Crippen LogP contribution < -0.4 is 11.4 Å². The lowest BCUT2D eigenvalue weighted by molar-refractivity contribution is -0.116. The molecule has 0 bridgehead atoms. The van der Waals surface area contributed by atoms with E-state index in [1.165, 1.54) is 22.5 Å². The standard InChI is InChI=1S/C24H23N3O5/c1-11-7-14(8-12(2)21(11)29)19-15-5-6-26-23(31)25(4)24(32)27(26)17(15)10-16-18(28)9-13(3)22(30)20(16)19/h5,7-9,17,19,29H,6,10H2,1-4H3/t17-,19+/m1/s1. The first kappa shape index (κ1) is 20.2. The molecule has 0 unspecified atom stereocenters. The molecule has 2 atom stereocenters. The Morgan fingerprint density at radius 1 is 1.00 bits per heavy atom. The van der Waals surface area contributed by atoms with Crippen molar-refractivity contribution in [1.29, 1.82) is 0 Å². The first-order chi connectivity index (χ1) is 15.1. The minimum atomic E-state index is -0.549. The lowest BCUT2D eigenvalue weighted by Crippen LogP contribution is -2.40. The maximum absolute atomic E-state index is 13.3. The Labute approximate surface area is 183 Å². The molecule has 1 aliphatic heterocycles. The van der Waals surface area contributed by atoms with Crippen molar-refractivity contribution >= 4 is 11.6 Å². The van der Waals surface area contributed by atoms with E-state index in [-0.39, 0.29) is 30.3 Å². The molecule has 1 aromatic carbocycles. The average molecular weight is 433 g/mol. The highest BCUT2D eigenvalue weighted by atomic mass is 16.3. The van der Waals surface area contributed by atoms with Crippen LogP contribution in [0.4, 0.5) is 0 Å². The molecule has 1 N–H and O–H groups in total. The highest BCUT2D eigenvalue weighted by Crippen LogP contribution is 2.50. The first-order valence-corrected chi connectivity index (χ1v) is 10.5. The second kappa shape index (κ2) is 6.66. The third-order valence-corrected chi connectivity index (χ3v) is 6.87. The average Bonchev–Trinajstić information content (AvgIpc) is 2.98. The Hall–Kier alpha value is -3.68. The second-order valence-electron chi connectivity index (χ2n) is 8.82.